The van der Waals surface area contributed by atoms with Crippen molar-refractivity contribution in [2.24, 2.45) is 0 Å². The van der Waals surface area contributed by atoms with E-state index in [2.05, 4.69) is 10.3 Å². The second-order valence-electron chi connectivity index (χ2n) is 5.71. The first kappa shape index (κ1) is 14.5. The third kappa shape index (κ3) is 3.08. The smallest absolute Gasteiger partial charge is 0.270 e. The molecule has 3 rings (SSSR count). The summed E-state index contributed by atoms with van der Waals surface area (Å²) in [5.41, 5.74) is 1.20. The molecule has 0 spiro atoms. The van der Waals surface area contributed by atoms with Gasteiger partial charge in [0.25, 0.3) is 5.91 Å². The molecule has 5 heteroatoms. The lowest BCUT2D eigenvalue weighted by molar-refractivity contribution is -0.127. The summed E-state index contributed by atoms with van der Waals surface area (Å²) in [5, 5.41) is 3.92. The molecular weight excluding hydrogens is 278 g/mol. The summed E-state index contributed by atoms with van der Waals surface area (Å²) >= 11 is 0. The number of benzene rings is 1. The van der Waals surface area contributed by atoms with E-state index in [4.69, 9.17) is 0 Å². The van der Waals surface area contributed by atoms with Crippen LogP contribution < -0.4 is 5.32 Å². The molecule has 1 atom stereocenters. The van der Waals surface area contributed by atoms with Gasteiger partial charge in [-0.1, -0.05) is 24.3 Å². The summed E-state index contributed by atoms with van der Waals surface area (Å²) in [5.74, 6) is -0.0326. The third-order valence-electron chi connectivity index (χ3n) is 3.87. The minimum absolute atomic E-state index is 0.0946. The molecule has 114 valence electrons. The Balaban J connectivity index is 1.66. The zero-order chi connectivity index (χ0) is 15.5. The van der Waals surface area contributed by atoms with Crippen LogP contribution in [0, 0.1) is 0 Å². The number of hydrogen-bond donors (Lipinski definition) is 1. The third-order valence-corrected chi connectivity index (χ3v) is 3.87. The number of aromatic nitrogens is 1. The van der Waals surface area contributed by atoms with Crippen LogP contribution in [0.3, 0.4) is 0 Å². The van der Waals surface area contributed by atoms with Gasteiger partial charge in [-0.15, -0.1) is 0 Å². The highest BCUT2D eigenvalue weighted by molar-refractivity contribution is 5.95. The van der Waals surface area contributed by atoms with E-state index in [1.165, 1.54) is 0 Å². The number of nitrogens with one attached hydrogen (secondary N) is 1. The van der Waals surface area contributed by atoms with E-state index < -0.39 is 0 Å². The molecule has 1 aromatic heterocycles. The number of nitrogens with zero attached hydrogens (tertiary/aromatic N) is 2. The minimum Gasteiger partial charge on any atom is -0.346 e. The van der Waals surface area contributed by atoms with E-state index in [0.717, 1.165) is 23.9 Å². The Labute approximate surface area is 129 Å². The Kier molecular flexibility index (Phi) is 4.04. The number of pyridine rings is 1. The Bertz CT molecular complexity index is 714. The Morgan fingerprint density at radius 3 is 2.91 bits per heavy atom. The van der Waals surface area contributed by atoms with Crippen LogP contribution in [-0.2, 0) is 4.79 Å². The number of carbonyl (C=O) groups is 2. The maximum atomic E-state index is 12.3. The van der Waals surface area contributed by atoms with Crippen molar-refractivity contribution in [3.63, 3.8) is 0 Å². The molecule has 1 fully saturated rings. The van der Waals surface area contributed by atoms with E-state index in [9.17, 15) is 9.59 Å². The molecule has 0 aliphatic carbocycles. The molecule has 1 N–H and O–H groups in total. The van der Waals surface area contributed by atoms with E-state index in [1.807, 2.05) is 37.3 Å². The summed E-state index contributed by atoms with van der Waals surface area (Å²) < 4.78 is 0. The van der Waals surface area contributed by atoms with Gasteiger partial charge in [-0.2, -0.15) is 0 Å². The van der Waals surface area contributed by atoms with E-state index in [1.54, 1.807) is 11.0 Å². The predicted octanol–water partition coefficient (Wildman–Crippen LogP) is 1.98. The van der Waals surface area contributed by atoms with Crippen LogP contribution in [0.15, 0.2) is 36.4 Å². The van der Waals surface area contributed by atoms with E-state index in [-0.39, 0.29) is 17.9 Å². The fraction of sp³-hybridized carbons (Fsp3) is 0.353. The van der Waals surface area contributed by atoms with Crippen LogP contribution in [0.1, 0.15) is 30.3 Å². The van der Waals surface area contributed by atoms with Crippen molar-refractivity contribution in [2.75, 3.05) is 13.1 Å². The summed E-state index contributed by atoms with van der Waals surface area (Å²) in [6.45, 7) is 3.25. The fourth-order valence-corrected chi connectivity index (χ4v) is 2.76. The Hall–Kier alpha value is -2.43. The lowest BCUT2D eigenvalue weighted by Gasteiger charge is -2.21. The Morgan fingerprint density at radius 2 is 2.14 bits per heavy atom. The highest BCUT2D eigenvalue weighted by atomic mass is 16.2. The topological polar surface area (TPSA) is 62.3 Å². The lowest BCUT2D eigenvalue weighted by Crippen LogP contribution is -2.42. The molecule has 1 unspecified atom stereocenters. The van der Waals surface area contributed by atoms with Gasteiger partial charge in [-0.05, 0) is 25.5 Å². The molecular formula is C17H19N3O2. The molecule has 2 aromatic rings. The summed E-state index contributed by atoms with van der Waals surface area (Å²) in [7, 11) is 0. The van der Waals surface area contributed by atoms with Gasteiger partial charge in [-0.3, -0.25) is 9.59 Å². The first-order chi connectivity index (χ1) is 10.6. The van der Waals surface area contributed by atoms with Crippen molar-refractivity contribution in [3.05, 3.63) is 42.1 Å². The predicted molar refractivity (Wildman–Crippen MR) is 84.5 cm³/mol. The monoisotopic (exact) mass is 297 g/mol. The van der Waals surface area contributed by atoms with Crippen LogP contribution in [0.4, 0.5) is 0 Å². The average Bonchev–Trinajstić information content (AvgIpc) is 2.91. The number of para-hydroxylation sites is 1. The zero-order valence-corrected chi connectivity index (χ0v) is 12.6. The number of rotatable bonds is 4. The van der Waals surface area contributed by atoms with Gasteiger partial charge in [0.2, 0.25) is 5.91 Å². The normalized spacial score (nSPS) is 16.0. The van der Waals surface area contributed by atoms with Crippen molar-refractivity contribution in [2.45, 2.75) is 25.8 Å². The van der Waals surface area contributed by atoms with Crippen molar-refractivity contribution >= 4 is 22.7 Å². The molecule has 22 heavy (non-hydrogen) atoms. The largest absolute Gasteiger partial charge is 0.346 e. The van der Waals surface area contributed by atoms with Gasteiger partial charge in [0.1, 0.15) is 5.69 Å². The number of fused-ring (bicyclic) bond motifs is 1. The van der Waals surface area contributed by atoms with Crippen LogP contribution in [0.25, 0.3) is 10.9 Å². The standard InChI is InChI=1S/C17H19N3O2/c1-12(11-20-10-4-7-16(20)21)18-17(22)15-9-8-13-5-2-3-6-14(13)19-15/h2-3,5-6,8-9,12H,4,7,10-11H2,1H3,(H,18,22). The van der Waals surface area contributed by atoms with Gasteiger partial charge < -0.3 is 10.2 Å². The molecule has 0 radical (unpaired) electrons. The van der Waals surface area contributed by atoms with Gasteiger partial charge in [0, 0.05) is 30.9 Å². The first-order valence-electron chi connectivity index (χ1n) is 7.58. The lowest BCUT2D eigenvalue weighted by atomic mass is 10.2. The van der Waals surface area contributed by atoms with Gasteiger partial charge in [0.15, 0.2) is 0 Å². The highest BCUT2D eigenvalue weighted by Gasteiger charge is 2.22. The maximum absolute atomic E-state index is 12.3. The van der Waals surface area contributed by atoms with Crippen LogP contribution in [0.2, 0.25) is 0 Å². The Morgan fingerprint density at radius 1 is 1.32 bits per heavy atom. The van der Waals surface area contributed by atoms with E-state index in [0.29, 0.717) is 18.7 Å². The van der Waals surface area contributed by atoms with Gasteiger partial charge in [-0.25, -0.2) is 4.98 Å². The molecule has 5 nitrogen and oxygen atoms in total. The van der Waals surface area contributed by atoms with Crippen LogP contribution in [-0.4, -0.2) is 40.8 Å². The zero-order valence-electron chi connectivity index (χ0n) is 12.6. The SMILES string of the molecule is CC(CN1CCCC1=O)NC(=O)c1ccc2ccccc2n1. The molecule has 0 bridgehead atoms. The van der Waals surface area contributed by atoms with Crippen LogP contribution in [0.5, 0.6) is 0 Å². The molecule has 2 amide bonds. The van der Waals surface area contributed by atoms with Gasteiger partial charge in [0.05, 0.1) is 5.52 Å². The minimum atomic E-state index is -0.204. The average molecular weight is 297 g/mol. The number of likely N-dealkylation sites (tertiary alicyclic amines) is 1. The molecule has 1 aromatic carbocycles. The van der Waals surface area contributed by atoms with Crippen molar-refractivity contribution < 1.29 is 9.59 Å². The van der Waals surface area contributed by atoms with Crippen molar-refractivity contribution in [3.8, 4) is 0 Å². The first-order valence-corrected chi connectivity index (χ1v) is 7.58. The van der Waals surface area contributed by atoms with E-state index >= 15 is 0 Å². The summed E-state index contributed by atoms with van der Waals surface area (Å²) in [4.78, 5) is 30.1. The fourth-order valence-electron chi connectivity index (χ4n) is 2.76. The second kappa shape index (κ2) is 6.13. The number of hydrogen-bond acceptors (Lipinski definition) is 3. The number of carbonyl (C=O) groups excluding carboxylic acids is 2. The van der Waals surface area contributed by atoms with Crippen molar-refractivity contribution in [1.29, 1.82) is 0 Å². The highest BCUT2D eigenvalue weighted by Crippen LogP contribution is 2.12. The van der Waals surface area contributed by atoms with Crippen molar-refractivity contribution in [1.82, 2.24) is 15.2 Å². The second-order valence-corrected chi connectivity index (χ2v) is 5.71. The number of amides is 2. The quantitative estimate of drug-likeness (QED) is 0.938. The summed E-state index contributed by atoms with van der Waals surface area (Å²) in [6, 6.07) is 11.2. The van der Waals surface area contributed by atoms with Crippen LogP contribution >= 0.6 is 0 Å². The summed E-state index contributed by atoms with van der Waals surface area (Å²) in [6.07, 6.45) is 1.53. The molecule has 2 heterocycles. The molecule has 1 aliphatic rings. The molecule has 1 aliphatic heterocycles. The molecule has 0 saturated carbocycles. The maximum Gasteiger partial charge on any atom is 0.270 e. The van der Waals surface area contributed by atoms with Gasteiger partial charge >= 0.3 is 0 Å². The molecule has 1 saturated heterocycles.